The fourth-order valence-electron chi connectivity index (χ4n) is 1.75. The molecule has 0 heterocycles. The van der Waals surface area contributed by atoms with Gasteiger partial charge in [-0.2, -0.15) is 0 Å². The summed E-state index contributed by atoms with van der Waals surface area (Å²) in [6.07, 6.45) is 0. The molecule has 106 valence electrons. The van der Waals surface area contributed by atoms with Gasteiger partial charge in [-0.1, -0.05) is 21.1 Å². The summed E-state index contributed by atoms with van der Waals surface area (Å²) in [7, 11) is 1.65. The Bertz CT molecular complexity index is 450. The van der Waals surface area contributed by atoms with E-state index in [-0.39, 0.29) is 11.9 Å². The maximum atomic E-state index is 8.68. The SMILES string of the molecule is COc1ccc(Br)cc1CN(CC(N)=NO)C(C)C. The monoisotopic (exact) mass is 329 g/mol. The molecule has 5 nitrogen and oxygen atoms in total. The quantitative estimate of drug-likeness (QED) is 0.364. The zero-order chi connectivity index (χ0) is 14.4. The van der Waals surface area contributed by atoms with Gasteiger partial charge in [0.15, 0.2) is 5.84 Å². The molecular weight excluding hydrogens is 310 g/mol. The van der Waals surface area contributed by atoms with E-state index in [4.69, 9.17) is 15.7 Å². The Morgan fingerprint density at radius 2 is 2.21 bits per heavy atom. The number of ether oxygens (including phenoxy) is 1. The van der Waals surface area contributed by atoms with E-state index in [9.17, 15) is 0 Å². The summed E-state index contributed by atoms with van der Waals surface area (Å²) >= 11 is 3.45. The van der Waals surface area contributed by atoms with Crippen LogP contribution in [0.2, 0.25) is 0 Å². The molecule has 1 aromatic carbocycles. The fraction of sp³-hybridized carbons (Fsp3) is 0.462. The minimum absolute atomic E-state index is 0.197. The number of halogens is 1. The molecule has 19 heavy (non-hydrogen) atoms. The molecule has 0 bridgehead atoms. The van der Waals surface area contributed by atoms with Gasteiger partial charge in [0.25, 0.3) is 0 Å². The zero-order valence-electron chi connectivity index (χ0n) is 11.4. The van der Waals surface area contributed by atoms with Crippen molar-refractivity contribution in [2.24, 2.45) is 10.9 Å². The van der Waals surface area contributed by atoms with Crippen molar-refractivity contribution in [3.8, 4) is 5.75 Å². The largest absolute Gasteiger partial charge is 0.496 e. The molecular formula is C13H20BrN3O2. The normalized spacial score (nSPS) is 12.2. The first-order valence-corrected chi connectivity index (χ1v) is 6.80. The molecule has 1 aromatic rings. The lowest BCUT2D eigenvalue weighted by atomic mass is 10.1. The van der Waals surface area contributed by atoms with Crippen molar-refractivity contribution in [1.29, 1.82) is 0 Å². The average Bonchev–Trinajstić information content (AvgIpc) is 2.37. The minimum Gasteiger partial charge on any atom is -0.496 e. The van der Waals surface area contributed by atoms with E-state index in [1.807, 2.05) is 18.2 Å². The predicted molar refractivity (Wildman–Crippen MR) is 79.6 cm³/mol. The molecule has 3 N–H and O–H groups in total. The third kappa shape index (κ3) is 4.72. The van der Waals surface area contributed by atoms with Crippen LogP contribution in [0.5, 0.6) is 5.75 Å². The van der Waals surface area contributed by atoms with Gasteiger partial charge in [0, 0.05) is 22.6 Å². The van der Waals surface area contributed by atoms with Crippen LogP contribution in [0.4, 0.5) is 0 Å². The maximum absolute atomic E-state index is 8.68. The van der Waals surface area contributed by atoms with Crippen molar-refractivity contribution in [2.75, 3.05) is 13.7 Å². The van der Waals surface area contributed by atoms with Gasteiger partial charge >= 0.3 is 0 Å². The highest BCUT2D eigenvalue weighted by Crippen LogP contribution is 2.24. The summed E-state index contributed by atoms with van der Waals surface area (Å²) in [4.78, 5) is 2.10. The van der Waals surface area contributed by atoms with Gasteiger partial charge in [0.2, 0.25) is 0 Å². The summed E-state index contributed by atoms with van der Waals surface area (Å²) in [6.45, 7) is 5.20. The van der Waals surface area contributed by atoms with Crippen molar-refractivity contribution in [3.05, 3.63) is 28.2 Å². The van der Waals surface area contributed by atoms with Crippen LogP contribution in [-0.2, 0) is 6.54 Å². The summed E-state index contributed by atoms with van der Waals surface area (Å²) in [5, 5.41) is 11.7. The van der Waals surface area contributed by atoms with E-state index in [0.29, 0.717) is 13.1 Å². The molecule has 6 heteroatoms. The second-order valence-electron chi connectivity index (χ2n) is 4.55. The van der Waals surface area contributed by atoms with Crippen LogP contribution in [0.3, 0.4) is 0 Å². The highest BCUT2D eigenvalue weighted by Gasteiger charge is 2.15. The summed E-state index contributed by atoms with van der Waals surface area (Å²) in [5.41, 5.74) is 6.64. The van der Waals surface area contributed by atoms with E-state index in [1.54, 1.807) is 7.11 Å². The molecule has 1 rings (SSSR count). The number of methoxy groups -OCH3 is 1. The number of hydrogen-bond acceptors (Lipinski definition) is 4. The van der Waals surface area contributed by atoms with Crippen LogP contribution in [0.15, 0.2) is 27.8 Å². The number of rotatable bonds is 6. The molecule has 0 atom stereocenters. The molecule has 0 aliphatic rings. The molecule has 0 saturated heterocycles. The summed E-state index contributed by atoms with van der Waals surface area (Å²) in [5.74, 6) is 1.02. The standard InChI is InChI=1S/C13H20BrN3O2/c1-9(2)17(8-13(15)16-18)7-10-6-11(14)4-5-12(10)19-3/h4-6,9,18H,7-8H2,1-3H3,(H2,15,16). The molecule has 0 fully saturated rings. The molecule has 0 saturated carbocycles. The highest BCUT2D eigenvalue weighted by molar-refractivity contribution is 9.10. The maximum Gasteiger partial charge on any atom is 0.153 e. The van der Waals surface area contributed by atoms with Crippen LogP contribution in [0.1, 0.15) is 19.4 Å². The number of amidine groups is 1. The third-order valence-corrected chi connectivity index (χ3v) is 3.33. The van der Waals surface area contributed by atoms with Crippen molar-refractivity contribution in [3.63, 3.8) is 0 Å². The topological polar surface area (TPSA) is 71.1 Å². The van der Waals surface area contributed by atoms with Crippen LogP contribution < -0.4 is 10.5 Å². The lowest BCUT2D eigenvalue weighted by Gasteiger charge is -2.26. The third-order valence-electron chi connectivity index (χ3n) is 2.84. The first-order valence-electron chi connectivity index (χ1n) is 6.00. The Morgan fingerprint density at radius 1 is 1.53 bits per heavy atom. The zero-order valence-corrected chi connectivity index (χ0v) is 13.0. The molecule has 0 spiro atoms. The van der Waals surface area contributed by atoms with Crippen molar-refractivity contribution in [2.45, 2.75) is 26.4 Å². The Morgan fingerprint density at radius 3 is 2.74 bits per heavy atom. The molecule has 0 aliphatic heterocycles. The van der Waals surface area contributed by atoms with Crippen LogP contribution in [0, 0.1) is 0 Å². The summed E-state index contributed by atoms with van der Waals surface area (Å²) < 4.78 is 6.35. The van der Waals surface area contributed by atoms with Gasteiger partial charge in [0.05, 0.1) is 13.7 Å². The Kier molecular flexibility index (Phi) is 6.11. The minimum atomic E-state index is 0.197. The highest BCUT2D eigenvalue weighted by atomic mass is 79.9. The van der Waals surface area contributed by atoms with Gasteiger partial charge in [0.1, 0.15) is 5.75 Å². The van der Waals surface area contributed by atoms with Gasteiger partial charge in [-0.3, -0.25) is 4.90 Å². The molecule has 0 aliphatic carbocycles. The van der Waals surface area contributed by atoms with Gasteiger partial charge < -0.3 is 15.7 Å². The van der Waals surface area contributed by atoms with Gasteiger partial charge in [-0.05, 0) is 32.0 Å². The number of benzene rings is 1. The Hall–Kier alpha value is -1.27. The van der Waals surface area contributed by atoms with E-state index in [2.05, 4.69) is 39.8 Å². The van der Waals surface area contributed by atoms with Gasteiger partial charge in [-0.15, -0.1) is 0 Å². The van der Waals surface area contributed by atoms with E-state index >= 15 is 0 Å². The second-order valence-corrected chi connectivity index (χ2v) is 5.46. The van der Waals surface area contributed by atoms with Crippen molar-refractivity contribution in [1.82, 2.24) is 4.90 Å². The summed E-state index contributed by atoms with van der Waals surface area (Å²) in [6, 6.07) is 6.14. The molecule has 0 unspecified atom stereocenters. The number of nitrogens with two attached hydrogens (primary N) is 1. The van der Waals surface area contributed by atoms with E-state index in [0.717, 1.165) is 15.8 Å². The van der Waals surface area contributed by atoms with Crippen LogP contribution >= 0.6 is 15.9 Å². The van der Waals surface area contributed by atoms with Crippen LogP contribution in [-0.4, -0.2) is 35.6 Å². The van der Waals surface area contributed by atoms with E-state index < -0.39 is 0 Å². The van der Waals surface area contributed by atoms with Crippen LogP contribution in [0.25, 0.3) is 0 Å². The Balaban J connectivity index is 2.93. The lowest BCUT2D eigenvalue weighted by Crippen LogP contribution is -2.38. The fourth-order valence-corrected chi connectivity index (χ4v) is 2.16. The Labute approximate surface area is 122 Å². The number of nitrogens with zero attached hydrogens (tertiary/aromatic N) is 2. The number of oxime groups is 1. The smallest absolute Gasteiger partial charge is 0.153 e. The predicted octanol–water partition coefficient (Wildman–Crippen LogP) is 2.41. The number of hydrogen-bond donors (Lipinski definition) is 2. The molecule has 0 amide bonds. The molecule has 0 aromatic heterocycles. The lowest BCUT2D eigenvalue weighted by molar-refractivity contribution is 0.235. The first kappa shape index (κ1) is 15.8. The first-order chi connectivity index (χ1) is 8.97. The van der Waals surface area contributed by atoms with Crippen molar-refractivity contribution < 1.29 is 9.94 Å². The average molecular weight is 330 g/mol. The van der Waals surface area contributed by atoms with Crippen molar-refractivity contribution >= 4 is 21.8 Å². The second kappa shape index (κ2) is 7.35. The van der Waals surface area contributed by atoms with Gasteiger partial charge in [-0.25, -0.2) is 0 Å². The van der Waals surface area contributed by atoms with E-state index in [1.165, 1.54) is 0 Å². The molecule has 0 radical (unpaired) electrons.